The van der Waals surface area contributed by atoms with Gasteiger partial charge in [-0.2, -0.15) is 13.2 Å². The van der Waals surface area contributed by atoms with E-state index in [2.05, 4.69) is 15.5 Å². The fraction of sp³-hybridized carbons (Fsp3) is 0.318. The number of hydrogen-bond acceptors (Lipinski definition) is 5. The van der Waals surface area contributed by atoms with Crippen molar-refractivity contribution in [3.8, 4) is 11.3 Å². The van der Waals surface area contributed by atoms with Crippen molar-refractivity contribution in [1.29, 1.82) is 0 Å². The summed E-state index contributed by atoms with van der Waals surface area (Å²) in [5.41, 5.74) is 0.250. The molecule has 0 aliphatic carbocycles. The predicted molar refractivity (Wildman–Crippen MR) is 112 cm³/mol. The molecule has 0 spiro atoms. The number of aromatic nitrogens is 2. The Morgan fingerprint density at radius 2 is 1.81 bits per heavy atom. The molecule has 32 heavy (non-hydrogen) atoms. The van der Waals surface area contributed by atoms with Gasteiger partial charge in [0, 0.05) is 42.5 Å². The number of anilines is 1. The number of likely N-dealkylation sites (tertiary alicyclic amines) is 1. The maximum absolute atomic E-state index is 12.9. The SMILES string of the molecule is COC[C@@H]1CN(C(=O)O)C[C@H]1Nc1nnc(-c2ccc(C(F)(F)F)cc2)c2ccccc12. The van der Waals surface area contributed by atoms with E-state index < -0.39 is 17.8 Å². The van der Waals surface area contributed by atoms with Crippen molar-refractivity contribution in [2.24, 2.45) is 5.92 Å². The molecule has 0 bridgehead atoms. The van der Waals surface area contributed by atoms with E-state index in [1.165, 1.54) is 17.0 Å². The first-order valence-corrected chi connectivity index (χ1v) is 9.94. The highest BCUT2D eigenvalue weighted by molar-refractivity contribution is 6.00. The van der Waals surface area contributed by atoms with Crippen LogP contribution in [0.1, 0.15) is 5.56 Å². The molecule has 1 aliphatic heterocycles. The van der Waals surface area contributed by atoms with Crippen LogP contribution in [0.5, 0.6) is 0 Å². The van der Waals surface area contributed by atoms with E-state index in [1.807, 2.05) is 24.3 Å². The molecule has 168 valence electrons. The molecule has 0 saturated carbocycles. The lowest BCUT2D eigenvalue weighted by Gasteiger charge is -2.20. The molecule has 1 aromatic heterocycles. The number of nitrogens with zero attached hydrogens (tertiary/aromatic N) is 3. The molecule has 0 radical (unpaired) electrons. The highest BCUT2D eigenvalue weighted by Crippen LogP contribution is 2.34. The monoisotopic (exact) mass is 446 g/mol. The van der Waals surface area contributed by atoms with Gasteiger partial charge in [-0.05, 0) is 12.1 Å². The molecule has 1 amide bonds. The summed E-state index contributed by atoms with van der Waals surface area (Å²) < 4.78 is 43.9. The zero-order valence-electron chi connectivity index (χ0n) is 17.1. The molecule has 1 saturated heterocycles. The number of benzene rings is 2. The number of nitrogens with one attached hydrogen (secondary N) is 1. The van der Waals surface area contributed by atoms with Gasteiger partial charge in [-0.1, -0.05) is 36.4 Å². The average Bonchev–Trinajstić information content (AvgIpc) is 3.17. The lowest BCUT2D eigenvalue weighted by atomic mass is 10.0. The lowest BCUT2D eigenvalue weighted by Crippen LogP contribution is -2.32. The lowest BCUT2D eigenvalue weighted by molar-refractivity contribution is -0.137. The fourth-order valence-electron chi connectivity index (χ4n) is 3.99. The van der Waals surface area contributed by atoms with Crippen LogP contribution < -0.4 is 5.32 Å². The van der Waals surface area contributed by atoms with Crippen LogP contribution in [0.2, 0.25) is 0 Å². The zero-order valence-corrected chi connectivity index (χ0v) is 17.1. The average molecular weight is 446 g/mol. The van der Waals surface area contributed by atoms with Crippen LogP contribution >= 0.6 is 0 Å². The van der Waals surface area contributed by atoms with Gasteiger partial charge in [0.1, 0.15) is 5.69 Å². The smallest absolute Gasteiger partial charge is 0.416 e. The minimum Gasteiger partial charge on any atom is -0.465 e. The number of ether oxygens (including phenoxy) is 1. The van der Waals surface area contributed by atoms with Crippen molar-refractivity contribution in [1.82, 2.24) is 15.1 Å². The summed E-state index contributed by atoms with van der Waals surface area (Å²) in [6.07, 6.45) is -5.41. The predicted octanol–water partition coefficient (Wildman–Crippen LogP) is 4.35. The summed E-state index contributed by atoms with van der Waals surface area (Å²) in [6, 6.07) is 11.9. The molecule has 1 aliphatic rings. The summed E-state index contributed by atoms with van der Waals surface area (Å²) >= 11 is 0. The van der Waals surface area contributed by atoms with Gasteiger partial charge in [-0.25, -0.2) is 4.79 Å². The van der Waals surface area contributed by atoms with E-state index in [9.17, 15) is 23.1 Å². The molecule has 4 rings (SSSR count). The van der Waals surface area contributed by atoms with Gasteiger partial charge >= 0.3 is 12.3 Å². The van der Waals surface area contributed by atoms with E-state index in [0.29, 0.717) is 30.2 Å². The van der Waals surface area contributed by atoms with Crippen molar-refractivity contribution >= 4 is 22.7 Å². The van der Waals surface area contributed by atoms with Crippen LogP contribution in [0, 0.1) is 5.92 Å². The molecule has 3 aromatic rings. The van der Waals surface area contributed by atoms with E-state index >= 15 is 0 Å². The van der Waals surface area contributed by atoms with Gasteiger partial charge < -0.3 is 20.1 Å². The number of carboxylic acid groups (broad SMARTS) is 1. The Hall–Kier alpha value is -3.40. The molecule has 2 aromatic carbocycles. The molecule has 2 N–H and O–H groups in total. The Labute approximate surface area is 181 Å². The molecule has 7 nitrogen and oxygen atoms in total. The van der Waals surface area contributed by atoms with Crippen LogP contribution in [-0.4, -0.2) is 59.1 Å². The normalized spacial score (nSPS) is 18.8. The Morgan fingerprint density at radius 3 is 2.44 bits per heavy atom. The van der Waals surface area contributed by atoms with Crippen molar-refractivity contribution < 1.29 is 27.8 Å². The number of halogens is 3. The second kappa shape index (κ2) is 8.62. The van der Waals surface area contributed by atoms with E-state index in [4.69, 9.17) is 4.74 Å². The maximum atomic E-state index is 12.9. The number of fused-ring (bicyclic) bond motifs is 1. The zero-order chi connectivity index (χ0) is 22.9. The number of carbonyl (C=O) groups is 1. The third kappa shape index (κ3) is 4.31. The molecular formula is C22H21F3N4O3. The molecule has 2 heterocycles. The quantitative estimate of drug-likeness (QED) is 0.606. The Kier molecular flexibility index (Phi) is 5.88. The Balaban J connectivity index is 1.67. The highest BCUT2D eigenvalue weighted by Gasteiger charge is 2.36. The second-order valence-corrected chi connectivity index (χ2v) is 7.67. The second-order valence-electron chi connectivity index (χ2n) is 7.67. The Bertz CT molecular complexity index is 1120. The number of alkyl halides is 3. The van der Waals surface area contributed by atoms with Crippen molar-refractivity contribution in [2.45, 2.75) is 12.2 Å². The third-order valence-corrected chi connectivity index (χ3v) is 5.59. The van der Waals surface area contributed by atoms with Crippen LogP contribution in [0.3, 0.4) is 0 Å². The molecule has 2 atom stereocenters. The first-order chi connectivity index (χ1) is 15.3. The number of methoxy groups -OCH3 is 1. The molecule has 10 heteroatoms. The minimum absolute atomic E-state index is 0.0637. The summed E-state index contributed by atoms with van der Waals surface area (Å²) in [6.45, 7) is 1.01. The van der Waals surface area contributed by atoms with E-state index in [1.54, 1.807) is 7.11 Å². The maximum Gasteiger partial charge on any atom is 0.416 e. The fourth-order valence-corrected chi connectivity index (χ4v) is 3.99. The van der Waals surface area contributed by atoms with Crippen molar-refractivity contribution in [2.75, 3.05) is 32.1 Å². The Morgan fingerprint density at radius 1 is 1.12 bits per heavy atom. The molecule has 1 fully saturated rings. The summed E-state index contributed by atoms with van der Waals surface area (Å²) in [4.78, 5) is 12.7. The van der Waals surface area contributed by atoms with Crippen LogP contribution in [0.15, 0.2) is 48.5 Å². The highest BCUT2D eigenvalue weighted by atomic mass is 19.4. The standard InChI is InChI=1S/C22H21F3N4O3/c1-32-12-14-10-29(21(30)31)11-18(14)26-20-17-5-3-2-4-16(17)19(27-28-20)13-6-8-15(9-7-13)22(23,24)25/h2-9,14,18H,10-12H2,1H3,(H,26,28)(H,30,31)/t14-,18+/m0/s1. The van der Waals surface area contributed by atoms with Crippen molar-refractivity contribution in [3.63, 3.8) is 0 Å². The van der Waals surface area contributed by atoms with Crippen molar-refractivity contribution in [3.05, 3.63) is 54.1 Å². The molecule has 0 unspecified atom stereocenters. The van der Waals surface area contributed by atoms with Gasteiger partial charge in [-0.15, -0.1) is 10.2 Å². The largest absolute Gasteiger partial charge is 0.465 e. The summed E-state index contributed by atoms with van der Waals surface area (Å²) in [5.74, 6) is 0.417. The van der Waals surface area contributed by atoms with Gasteiger partial charge in [0.25, 0.3) is 0 Å². The first kappa shape index (κ1) is 21.8. The van der Waals surface area contributed by atoms with E-state index in [0.717, 1.165) is 22.9 Å². The van der Waals surface area contributed by atoms with Gasteiger partial charge in [0.05, 0.1) is 18.2 Å². The van der Waals surface area contributed by atoms with Gasteiger partial charge in [0.15, 0.2) is 5.82 Å². The minimum atomic E-state index is -4.41. The number of amides is 1. The first-order valence-electron chi connectivity index (χ1n) is 9.94. The number of hydrogen-bond donors (Lipinski definition) is 2. The van der Waals surface area contributed by atoms with Crippen LogP contribution in [-0.2, 0) is 10.9 Å². The number of rotatable bonds is 5. The van der Waals surface area contributed by atoms with Crippen LogP contribution in [0.4, 0.5) is 23.8 Å². The van der Waals surface area contributed by atoms with Gasteiger partial charge in [-0.3, -0.25) is 0 Å². The van der Waals surface area contributed by atoms with E-state index in [-0.39, 0.29) is 18.5 Å². The summed E-state index contributed by atoms with van der Waals surface area (Å²) in [7, 11) is 1.56. The van der Waals surface area contributed by atoms with Gasteiger partial charge in [0.2, 0.25) is 0 Å². The third-order valence-electron chi connectivity index (χ3n) is 5.59. The summed E-state index contributed by atoms with van der Waals surface area (Å²) in [5, 5.41) is 22.7. The topological polar surface area (TPSA) is 87.6 Å². The molecular weight excluding hydrogens is 425 g/mol. The van der Waals surface area contributed by atoms with Crippen LogP contribution in [0.25, 0.3) is 22.0 Å².